The van der Waals surface area contributed by atoms with Crippen molar-refractivity contribution >= 4 is 22.5 Å². The molecule has 3 aromatic rings. The summed E-state index contributed by atoms with van der Waals surface area (Å²) in [5, 5.41) is 1.00. The molecule has 0 spiro atoms. The molecule has 6 heteroatoms. The highest BCUT2D eigenvalue weighted by Crippen LogP contribution is 2.19. The van der Waals surface area contributed by atoms with Gasteiger partial charge in [0.2, 0.25) is 0 Å². The van der Waals surface area contributed by atoms with E-state index in [0.717, 1.165) is 0 Å². The zero-order chi connectivity index (χ0) is 14.1. The molecule has 0 unspecified atom stereocenters. The molecule has 1 aromatic carbocycles. The molecular formula is C14H10ClN3O2. The second kappa shape index (κ2) is 4.94. The van der Waals surface area contributed by atoms with Gasteiger partial charge in [0.15, 0.2) is 5.82 Å². The van der Waals surface area contributed by atoms with Gasteiger partial charge in [0.1, 0.15) is 11.4 Å². The van der Waals surface area contributed by atoms with Gasteiger partial charge in [-0.1, -0.05) is 11.6 Å². The quantitative estimate of drug-likeness (QED) is 0.787. The number of pyridine rings is 1. The Morgan fingerprint density at radius 3 is 2.80 bits per heavy atom. The molecule has 0 fully saturated rings. The summed E-state index contributed by atoms with van der Waals surface area (Å²) < 4.78 is 5.10. The largest absolute Gasteiger partial charge is 0.497 e. The zero-order valence-corrected chi connectivity index (χ0v) is 11.3. The lowest BCUT2D eigenvalue weighted by Gasteiger charge is -2.04. The van der Waals surface area contributed by atoms with Crippen LogP contribution in [0.15, 0.2) is 41.3 Å². The Labute approximate surface area is 119 Å². The number of H-pyrrole nitrogens is 1. The Hall–Kier alpha value is -2.40. The molecule has 0 atom stereocenters. The van der Waals surface area contributed by atoms with Crippen LogP contribution in [0.5, 0.6) is 5.75 Å². The summed E-state index contributed by atoms with van der Waals surface area (Å²) in [5.74, 6) is 1.02. The van der Waals surface area contributed by atoms with Crippen LogP contribution < -0.4 is 10.3 Å². The topological polar surface area (TPSA) is 67.9 Å². The van der Waals surface area contributed by atoms with E-state index in [4.69, 9.17) is 16.3 Å². The van der Waals surface area contributed by atoms with Crippen molar-refractivity contribution in [3.8, 4) is 17.3 Å². The summed E-state index contributed by atoms with van der Waals surface area (Å²) in [6.07, 6.45) is 1.51. The van der Waals surface area contributed by atoms with E-state index in [9.17, 15) is 4.79 Å². The first-order valence-corrected chi connectivity index (χ1v) is 6.25. The maximum atomic E-state index is 12.1. The van der Waals surface area contributed by atoms with E-state index < -0.39 is 0 Å². The molecule has 0 saturated carbocycles. The van der Waals surface area contributed by atoms with Gasteiger partial charge in [-0.15, -0.1) is 0 Å². The van der Waals surface area contributed by atoms with Gasteiger partial charge < -0.3 is 9.72 Å². The summed E-state index contributed by atoms with van der Waals surface area (Å²) in [4.78, 5) is 23.3. The molecule has 0 saturated heterocycles. The van der Waals surface area contributed by atoms with Crippen LogP contribution in [0.4, 0.5) is 0 Å². The normalized spacial score (nSPS) is 10.7. The molecule has 5 nitrogen and oxygen atoms in total. The molecule has 0 radical (unpaired) electrons. The van der Waals surface area contributed by atoms with Crippen LogP contribution in [0, 0.1) is 0 Å². The number of fused-ring (bicyclic) bond motifs is 1. The molecule has 0 aliphatic carbocycles. The summed E-state index contributed by atoms with van der Waals surface area (Å²) in [7, 11) is 1.55. The number of aromatic nitrogens is 3. The molecule has 20 heavy (non-hydrogen) atoms. The van der Waals surface area contributed by atoms with Crippen LogP contribution in [0.25, 0.3) is 22.4 Å². The van der Waals surface area contributed by atoms with E-state index >= 15 is 0 Å². The fourth-order valence-electron chi connectivity index (χ4n) is 1.88. The van der Waals surface area contributed by atoms with Crippen LogP contribution in [-0.4, -0.2) is 22.1 Å². The van der Waals surface area contributed by atoms with Crippen LogP contribution in [0.1, 0.15) is 0 Å². The van der Waals surface area contributed by atoms with E-state index in [1.807, 2.05) is 0 Å². The maximum absolute atomic E-state index is 12.1. The predicted octanol–water partition coefficient (Wildman–Crippen LogP) is 2.65. The third-order valence-electron chi connectivity index (χ3n) is 2.88. The highest BCUT2D eigenvalue weighted by atomic mass is 35.5. The number of nitrogens with zero attached hydrogens (tertiary/aromatic N) is 2. The first kappa shape index (κ1) is 12.6. The summed E-state index contributed by atoms with van der Waals surface area (Å²) >= 11 is 5.79. The van der Waals surface area contributed by atoms with Gasteiger partial charge in [-0.3, -0.25) is 9.78 Å². The lowest BCUT2D eigenvalue weighted by molar-refractivity contribution is 0.415. The number of rotatable bonds is 2. The fourth-order valence-corrected chi connectivity index (χ4v) is 1.99. The minimum Gasteiger partial charge on any atom is -0.497 e. The van der Waals surface area contributed by atoms with Crippen molar-refractivity contribution in [1.82, 2.24) is 15.0 Å². The number of ether oxygens (including phenoxy) is 1. The SMILES string of the molecule is COc1ccc2nc(-c3ccc(Cl)cn3)[nH]c(=O)c2c1. The van der Waals surface area contributed by atoms with Gasteiger partial charge in [-0.05, 0) is 30.3 Å². The Kier molecular flexibility index (Phi) is 3.12. The average Bonchev–Trinajstić information content (AvgIpc) is 2.47. The van der Waals surface area contributed by atoms with Crippen molar-refractivity contribution in [3.05, 3.63) is 51.9 Å². The van der Waals surface area contributed by atoms with Gasteiger partial charge in [0.05, 0.1) is 23.0 Å². The lowest BCUT2D eigenvalue weighted by atomic mass is 10.2. The third kappa shape index (κ3) is 2.23. The molecule has 0 amide bonds. The van der Waals surface area contributed by atoms with E-state index in [0.29, 0.717) is 33.2 Å². The standard InChI is InChI=1S/C14H10ClN3O2/c1-20-9-3-5-11-10(6-9)14(19)18-13(17-11)12-4-2-8(15)7-16-12/h2-7H,1H3,(H,17,18,19). The maximum Gasteiger partial charge on any atom is 0.259 e. The Balaban J connectivity index is 2.19. The van der Waals surface area contributed by atoms with E-state index in [2.05, 4.69) is 15.0 Å². The van der Waals surface area contributed by atoms with Crippen LogP contribution in [0.2, 0.25) is 5.02 Å². The number of aromatic amines is 1. The van der Waals surface area contributed by atoms with Gasteiger partial charge in [0.25, 0.3) is 5.56 Å². The zero-order valence-electron chi connectivity index (χ0n) is 10.6. The number of nitrogens with one attached hydrogen (secondary N) is 1. The van der Waals surface area contributed by atoms with E-state index in [1.54, 1.807) is 37.4 Å². The van der Waals surface area contributed by atoms with Crippen molar-refractivity contribution < 1.29 is 4.74 Å². The third-order valence-corrected chi connectivity index (χ3v) is 3.11. The number of halogens is 1. The molecular weight excluding hydrogens is 278 g/mol. The molecule has 0 aliphatic rings. The molecule has 100 valence electrons. The second-order valence-corrected chi connectivity index (χ2v) is 4.60. The van der Waals surface area contributed by atoms with E-state index in [1.165, 1.54) is 6.20 Å². The van der Waals surface area contributed by atoms with Crippen molar-refractivity contribution in [1.29, 1.82) is 0 Å². The van der Waals surface area contributed by atoms with Crippen LogP contribution in [0.3, 0.4) is 0 Å². The number of hydrogen-bond acceptors (Lipinski definition) is 4. The van der Waals surface area contributed by atoms with Crippen molar-refractivity contribution in [2.45, 2.75) is 0 Å². The summed E-state index contributed by atoms with van der Waals surface area (Å²) in [6.45, 7) is 0. The summed E-state index contributed by atoms with van der Waals surface area (Å²) in [6, 6.07) is 8.55. The molecule has 3 rings (SSSR count). The Morgan fingerprint density at radius 2 is 2.10 bits per heavy atom. The average molecular weight is 288 g/mol. The predicted molar refractivity (Wildman–Crippen MR) is 77.2 cm³/mol. The van der Waals surface area contributed by atoms with Crippen LogP contribution >= 0.6 is 11.6 Å². The van der Waals surface area contributed by atoms with Crippen molar-refractivity contribution in [2.75, 3.05) is 7.11 Å². The minimum absolute atomic E-state index is 0.236. The highest BCUT2D eigenvalue weighted by Gasteiger charge is 2.08. The van der Waals surface area contributed by atoms with Gasteiger partial charge in [-0.2, -0.15) is 0 Å². The highest BCUT2D eigenvalue weighted by molar-refractivity contribution is 6.30. The molecule has 0 bridgehead atoms. The van der Waals surface area contributed by atoms with Crippen molar-refractivity contribution in [2.24, 2.45) is 0 Å². The fraction of sp³-hybridized carbons (Fsp3) is 0.0714. The molecule has 2 heterocycles. The number of methoxy groups -OCH3 is 1. The minimum atomic E-state index is -0.236. The molecule has 1 N–H and O–H groups in total. The first-order valence-electron chi connectivity index (χ1n) is 5.87. The second-order valence-electron chi connectivity index (χ2n) is 4.16. The Bertz CT molecular complexity index is 828. The lowest BCUT2D eigenvalue weighted by Crippen LogP contribution is -2.10. The van der Waals surface area contributed by atoms with Gasteiger partial charge in [-0.25, -0.2) is 4.98 Å². The van der Waals surface area contributed by atoms with Crippen molar-refractivity contribution in [3.63, 3.8) is 0 Å². The first-order chi connectivity index (χ1) is 9.67. The smallest absolute Gasteiger partial charge is 0.259 e. The van der Waals surface area contributed by atoms with Crippen LogP contribution in [-0.2, 0) is 0 Å². The monoisotopic (exact) mass is 287 g/mol. The van der Waals surface area contributed by atoms with E-state index in [-0.39, 0.29) is 5.56 Å². The van der Waals surface area contributed by atoms with Gasteiger partial charge >= 0.3 is 0 Å². The Morgan fingerprint density at radius 1 is 1.25 bits per heavy atom. The van der Waals surface area contributed by atoms with Gasteiger partial charge in [0, 0.05) is 6.20 Å². The number of benzene rings is 1. The molecule has 2 aromatic heterocycles. The molecule has 0 aliphatic heterocycles. The summed E-state index contributed by atoms with van der Waals surface area (Å²) in [5.41, 5.74) is 0.908. The number of hydrogen-bond donors (Lipinski definition) is 1.